The molecule has 1 fully saturated rings. The highest BCUT2D eigenvalue weighted by Crippen LogP contribution is 2.29. The topological polar surface area (TPSA) is 75.7 Å². The number of nitrogens with zero attached hydrogens (tertiary/aromatic N) is 1. The van der Waals surface area contributed by atoms with Gasteiger partial charge in [-0.05, 0) is 43.2 Å². The van der Waals surface area contributed by atoms with Crippen molar-refractivity contribution in [3.63, 3.8) is 0 Å². The van der Waals surface area contributed by atoms with Crippen molar-refractivity contribution in [2.24, 2.45) is 0 Å². The number of carbonyl (C=O) groups is 1. The van der Waals surface area contributed by atoms with Crippen molar-refractivity contribution in [3.05, 3.63) is 53.1 Å². The van der Waals surface area contributed by atoms with E-state index < -0.39 is 34.2 Å². The van der Waals surface area contributed by atoms with E-state index in [4.69, 9.17) is 16.3 Å². The molecule has 2 aromatic carbocycles. The fraction of sp³-hybridized carbons (Fsp3) is 0.316. The van der Waals surface area contributed by atoms with Gasteiger partial charge in [0, 0.05) is 24.8 Å². The van der Waals surface area contributed by atoms with E-state index in [1.165, 1.54) is 28.6 Å². The molecule has 0 atom stereocenters. The predicted molar refractivity (Wildman–Crippen MR) is 105 cm³/mol. The smallest absolute Gasteiger partial charge is 0.262 e. The number of ether oxygens (including phenoxy) is 1. The monoisotopic (exact) mass is 444 g/mol. The maximum Gasteiger partial charge on any atom is 0.262 e. The zero-order valence-corrected chi connectivity index (χ0v) is 16.9. The lowest BCUT2D eigenvalue weighted by molar-refractivity contribution is -0.118. The van der Waals surface area contributed by atoms with Crippen LogP contribution in [-0.2, 0) is 14.8 Å². The van der Waals surface area contributed by atoms with Crippen molar-refractivity contribution in [1.82, 2.24) is 4.31 Å². The number of hydrogen-bond acceptors (Lipinski definition) is 4. The summed E-state index contributed by atoms with van der Waals surface area (Å²) in [5, 5.41) is 2.41. The lowest BCUT2D eigenvalue weighted by Crippen LogP contribution is -2.35. The Hall–Kier alpha value is -2.23. The van der Waals surface area contributed by atoms with Gasteiger partial charge in [-0.2, -0.15) is 4.31 Å². The van der Waals surface area contributed by atoms with Gasteiger partial charge in [-0.3, -0.25) is 4.79 Å². The number of carbonyl (C=O) groups excluding carboxylic acids is 1. The minimum atomic E-state index is -3.63. The summed E-state index contributed by atoms with van der Waals surface area (Å²) in [5.41, 5.74) is 0.0755. The van der Waals surface area contributed by atoms with Crippen molar-refractivity contribution in [2.75, 3.05) is 25.0 Å². The van der Waals surface area contributed by atoms with Crippen LogP contribution >= 0.6 is 11.6 Å². The van der Waals surface area contributed by atoms with E-state index in [9.17, 15) is 22.0 Å². The molecular weight excluding hydrogens is 426 g/mol. The van der Waals surface area contributed by atoms with Crippen LogP contribution < -0.4 is 10.1 Å². The molecule has 1 amide bonds. The van der Waals surface area contributed by atoms with Crippen molar-refractivity contribution < 1.29 is 26.7 Å². The first-order chi connectivity index (χ1) is 13.8. The number of benzene rings is 2. The number of anilines is 1. The van der Waals surface area contributed by atoms with E-state index in [0.717, 1.165) is 31.4 Å². The Morgan fingerprint density at radius 1 is 1.07 bits per heavy atom. The second kappa shape index (κ2) is 9.06. The summed E-state index contributed by atoms with van der Waals surface area (Å²) in [4.78, 5) is 12.0. The van der Waals surface area contributed by atoms with Gasteiger partial charge < -0.3 is 10.1 Å². The number of piperidine rings is 1. The fourth-order valence-corrected chi connectivity index (χ4v) is 4.77. The molecule has 1 saturated heterocycles. The normalized spacial score (nSPS) is 15.1. The maximum absolute atomic E-state index is 13.2. The SMILES string of the molecule is O=C(COc1ccc(S(=O)(=O)N2CCCCC2)cc1Cl)Nc1ccc(F)c(F)c1. The highest BCUT2D eigenvalue weighted by molar-refractivity contribution is 7.89. The molecule has 0 saturated carbocycles. The zero-order valence-electron chi connectivity index (χ0n) is 15.3. The third-order valence-corrected chi connectivity index (χ3v) is 6.61. The van der Waals surface area contributed by atoms with E-state index in [0.29, 0.717) is 13.1 Å². The van der Waals surface area contributed by atoms with Crippen LogP contribution in [0.2, 0.25) is 5.02 Å². The quantitative estimate of drug-likeness (QED) is 0.735. The number of rotatable bonds is 6. The Morgan fingerprint density at radius 3 is 2.45 bits per heavy atom. The van der Waals surface area contributed by atoms with Crippen molar-refractivity contribution in [3.8, 4) is 5.75 Å². The molecule has 0 aliphatic carbocycles. The summed E-state index contributed by atoms with van der Waals surface area (Å²) in [6.45, 7) is 0.502. The Balaban J connectivity index is 1.63. The van der Waals surface area contributed by atoms with E-state index in [1.54, 1.807) is 0 Å². The summed E-state index contributed by atoms with van der Waals surface area (Å²) < 4.78 is 58.2. The number of hydrogen-bond donors (Lipinski definition) is 1. The molecule has 1 aliphatic heterocycles. The lowest BCUT2D eigenvalue weighted by atomic mass is 10.2. The average molecular weight is 445 g/mol. The number of amides is 1. The van der Waals surface area contributed by atoms with Crippen molar-refractivity contribution in [1.29, 1.82) is 0 Å². The van der Waals surface area contributed by atoms with E-state index in [-0.39, 0.29) is 21.4 Å². The highest BCUT2D eigenvalue weighted by Gasteiger charge is 2.26. The van der Waals surface area contributed by atoms with Crippen LogP contribution in [0.4, 0.5) is 14.5 Å². The van der Waals surface area contributed by atoms with Gasteiger partial charge in [-0.15, -0.1) is 0 Å². The maximum atomic E-state index is 13.2. The number of sulfonamides is 1. The van der Waals surface area contributed by atoms with Gasteiger partial charge in [0.05, 0.1) is 9.92 Å². The van der Waals surface area contributed by atoms with Gasteiger partial charge in [0.1, 0.15) is 5.75 Å². The summed E-state index contributed by atoms with van der Waals surface area (Å²) in [5.74, 6) is -2.59. The molecule has 0 unspecified atom stereocenters. The van der Waals surface area contributed by atoms with Gasteiger partial charge >= 0.3 is 0 Å². The van der Waals surface area contributed by atoms with Gasteiger partial charge in [0.15, 0.2) is 18.2 Å². The largest absolute Gasteiger partial charge is 0.482 e. The summed E-state index contributed by atoms with van der Waals surface area (Å²) in [7, 11) is -3.63. The minimum Gasteiger partial charge on any atom is -0.482 e. The second-order valence-corrected chi connectivity index (χ2v) is 8.87. The molecule has 29 heavy (non-hydrogen) atoms. The van der Waals surface area contributed by atoms with Gasteiger partial charge in [-0.25, -0.2) is 17.2 Å². The molecule has 156 valence electrons. The first kappa shape index (κ1) is 21.5. The van der Waals surface area contributed by atoms with Crippen LogP contribution in [0, 0.1) is 11.6 Å². The Labute approximate surface area is 172 Å². The summed E-state index contributed by atoms with van der Waals surface area (Å²) >= 11 is 6.13. The Kier molecular flexibility index (Phi) is 6.71. The molecule has 1 aliphatic rings. The summed E-state index contributed by atoms with van der Waals surface area (Å²) in [6, 6.07) is 6.99. The first-order valence-corrected chi connectivity index (χ1v) is 10.8. The molecule has 1 N–H and O–H groups in total. The molecular formula is C19H19ClF2N2O4S. The average Bonchev–Trinajstić information content (AvgIpc) is 2.70. The Bertz CT molecular complexity index is 1010. The zero-order chi connectivity index (χ0) is 21.0. The van der Waals surface area contributed by atoms with Crippen LogP contribution in [0.1, 0.15) is 19.3 Å². The van der Waals surface area contributed by atoms with E-state index >= 15 is 0 Å². The van der Waals surface area contributed by atoms with Crippen LogP contribution in [0.15, 0.2) is 41.3 Å². The number of nitrogens with one attached hydrogen (secondary N) is 1. The predicted octanol–water partition coefficient (Wildman–Crippen LogP) is 3.81. The Morgan fingerprint density at radius 2 is 1.79 bits per heavy atom. The van der Waals surface area contributed by atoms with Crippen LogP contribution in [0.25, 0.3) is 0 Å². The standard InChI is InChI=1S/C19H19ClF2N2O4S/c20-15-11-14(29(26,27)24-8-2-1-3-9-24)5-7-18(15)28-12-19(25)23-13-4-6-16(21)17(22)10-13/h4-7,10-11H,1-3,8-9,12H2,(H,23,25). The highest BCUT2D eigenvalue weighted by atomic mass is 35.5. The molecule has 1 heterocycles. The van der Waals surface area contributed by atoms with Crippen LogP contribution in [0.3, 0.4) is 0 Å². The molecule has 3 rings (SSSR count). The molecule has 10 heteroatoms. The van der Waals surface area contributed by atoms with Crippen LogP contribution in [0.5, 0.6) is 5.75 Å². The summed E-state index contributed by atoms with van der Waals surface area (Å²) in [6.07, 6.45) is 2.65. The van der Waals surface area contributed by atoms with Gasteiger partial charge in [-0.1, -0.05) is 18.0 Å². The third-order valence-electron chi connectivity index (χ3n) is 4.42. The molecule has 0 radical (unpaired) electrons. The minimum absolute atomic E-state index is 0.0451. The van der Waals surface area contributed by atoms with Gasteiger partial charge in [0.2, 0.25) is 10.0 Å². The molecule has 0 aromatic heterocycles. The molecule has 0 spiro atoms. The van der Waals surface area contributed by atoms with Crippen molar-refractivity contribution >= 4 is 33.2 Å². The van der Waals surface area contributed by atoms with Gasteiger partial charge in [0.25, 0.3) is 5.91 Å². The molecule has 6 nitrogen and oxygen atoms in total. The molecule has 0 bridgehead atoms. The van der Waals surface area contributed by atoms with Crippen LogP contribution in [-0.4, -0.2) is 38.3 Å². The second-order valence-electron chi connectivity index (χ2n) is 6.52. The lowest BCUT2D eigenvalue weighted by Gasteiger charge is -2.26. The fourth-order valence-electron chi connectivity index (χ4n) is 2.93. The third kappa shape index (κ3) is 5.23. The number of halogens is 3. The molecule has 2 aromatic rings. The van der Waals surface area contributed by atoms with Crippen molar-refractivity contribution in [2.45, 2.75) is 24.2 Å². The first-order valence-electron chi connectivity index (χ1n) is 8.95. The van der Waals surface area contributed by atoms with E-state index in [1.807, 2.05) is 0 Å². The van der Waals surface area contributed by atoms with E-state index in [2.05, 4.69) is 5.32 Å².